The molecule has 0 atom stereocenters. The van der Waals surface area contributed by atoms with Crippen LogP contribution in [0.3, 0.4) is 0 Å². The highest BCUT2D eigenvalue weighted by molar-refractivity contribution is 14.1. The van der Waals surface area contributed by atoms with Crippen molar-refractivity contribution in [3.05, 3.63) is 29.3 Å². The molecule has 120 valence electrons. The lowest BCUT2D eigenvalue weighted by Crippen LogP contribution is -1.82. The van der Waals surface area contributed by atoms with Crippen LogP contribution in [0.1, 0.15) is 19.3 Å². The van der Waals surface area contributed by atoms with Gasteiger partial charge in [0.25, 0.3) is 0 Å². The normalized spacial score (nSPS) is 17.7. The number of alkyl halides is 1. The van der Waals surface area contributed by atoms with Crippen LogP contribution in [0, 0.1) is 0 Å². The Hall–Kier alpha value is 1.59. The van der Waals surface area contributed by atoms with Crippen molar-refractivity contribution in [1.29, 1.82) is 0 Å². The van der Waals surface area contributed by atoms with E-state index in [1.807, 2.05) is 58.8 Å². The summed E-state index contributed by atoms with van der Waals surface area (Å²) in [6.45, 7) is 0. The largest absolute Gasteiger partial charge is 0.366 e. The molecule has 0 fully saturated rings. The lowest BCUT2D eigenvalue weighted by Gasteiger charge is -2.03. The van der Waals surface area contributed by atoms with E-state index >= 15 is 0 Å². The number of fused-ring (bicyclic) bond motifs is 1. The maximum atomic E-state index is 3.19. The van der Waals surface area contributed by atoms with Crippen molar-refractivity contribution in [3.8, 4) is 0 Å². The lowest BCUT2D eigenvalue weighted by molar-refractivity contribution is 0.793. The molecule has 0 bridgehead atoms. The minimum atomic E-state index is 1.26. The van der Waals surface area contributed by atoms with E-state index in [9.17, 15) is 0 Å². The minimum Gasteiger partial charge on any atom is -0.366 e. The van der Waals surface area contributed by atoms with Crippen LogP contribution in [0.25, 0.3) is 0 Å². The van der Waals surface area contributed by atoms with Crippen LogP contribution in [0.15, 0.2) is 39.1 Å². The van der Waals surface area contributed by atoms with Gasteiger partial charge >= 0.3 is 0 Å². The number of aromatic nitrogens is 1. The molecule has 22 heavy (non-hydrogen) atoms. The maximum Gasteiger partial charge on any atom is 0.0717 e. The number of hydrogen-bond acceptors (Lipinski definition) is 6. The van der Waals surface area contributed by atoms with Gasteiger partial charge in [-0.3, -0.25) is 0 Å². The number of nitrogens with one attached hydrogen (secondary N) is 1. The summed E-state index contributed by atoms with van der Waals surface area (Å²) in [6.07, 6.45) is 10.5. The van der Waals surface area contributed by atoms with Crippen molar-refractivity contribution in [3.63, 3.8) is 0 Å². The zero-order chi connectivity index (χ0) is 15.4. The highest BCUT2D eigenvalue weighted by Crippen LogP contribution is 2.63. The van der Waals surface area contributed by atoms with Crippen molar-refractivity contribution in [1.82, 2.24) is 4.98 Å². The van der Waals surface area contributed by atoms with Crippen LogP contribution in [0.5, 0.6) is 0 Å². The van der Waals surface area contributed by atoms with Crippen LogP contribution >= 0.6 is 93.2 Å². The average Bonchev–Trinajstić information content (AvgIpc) is 3.20. The molecule has 8 heteroatoms. The molecule has 0 radical (unpaired) electrons. The van der Waals surface area contributed by atoms with Crippen molar-refractivity contribution in [2.45, 2.75) is 29.1 Å². The number of hydrogen-bond donors (Lipinski definition) is 1. The first-order valence-electron chi connectivity index (χ1n) is 6.91. The van der Waals surface area contributed by atoms with Crippen LogP contribution in [0.2, 0.25) is 0 Å². The fraction of sp³-hybridized carbons (Fsp3) is 0.429. The second-order valence-corrected chi connectivity index (χ2v) is 12.7. The standard InChI is InChI=1S/C14H16INS6/c1-17-11-12(18-6-4-2-3-5-15)22-14(21-11)13-19-9-7-16-8-10(9)20-13/h7-8,16H,2-6H2,1H3. The summed E-state index contributed by atoms with van der Waals surface area (Å²) in [5.41, 5.74) is 0. The van der Waals surface area contributed by atoms with Crippen molar-refractivity contribution >= 4 is 93.2 Å². The van der Waals surface area contributed by atoms with Gasteiger partial charge in [0.05, 0.1) is 16.9 Å². The van der Waals surface area contributed by atoms with Gasteiger partial charge in [0.1, 0.15) is 0 Å². The highest BCUT2D eigenvalue weighted by atomic mass is 127. The van der Waals surface area contributed by atoms with E-state index in [0.29, 0.717) is 0 Å². The van der Waals surface area contributed by atoms with Gasteiger partial charge in [-0.2, -0.15) is 0 Å². The molecule has 0 saturated heterocycles. The van der Waals surface area contributed by atoms with Crippen LogP contribution in [-0.2, 0) is 0 Å². The molecule has 2 aliphatic rings. The molecule has 0 unspecified atom stereocenters. The van der Waals surface area contributed by atoms with Crippen molar-refractivity contribution in [2.75, 3.05) is 16.4 Å². The average molecular weight is 518 g/mol. The first-order chi connectivity index (χ1) is 10.8. The lowest BCUT2D eigenvalue weighted by atomic mass is 10.3. The molecule has 3 heterocycles. The summed E-state index contributed by atoms with van der Waals surface area (Å²) in [7, 11) is 0. The molecule has 0 saturated carbocycles. The molecule has 0 aliphatic carbocycles. The topological polar surface area (TPSA) is 15.8 Å². The molecular formula is C14H16INS6. The third-order valence-electron chi connectivity index (χ3n) is 2.98. The molecule has 1 aromatic heterocycles. The number of thioether (sulfide) groups is 6. The number of H-pyrrole nitrogens is 1. The van der Waals surface area contributed by atoms with Gasteiger partial charge in [0.2, 0.25) is 0 Å². The zero-order valence-electron chi connectivity index (χ0n) is 12.0. The Balaban J connectivity index is 1.57. The predicted octanol–water partition coefficient (Wildman–Crippen LogP) is 7.65. The Morgan fingerprint density at radius 2 is 1.64 bits per heavy atom. The third-order valence-corrected chi connectivity index (χ3v) is 12.2. The molecule has 0 spiro atoms. The number of halogens is 1. The van der Waals surface area contributed by atoms with Gasteiger partial charge in [0, 0.05) is 22.2 Å². The second-order valence-electron chi connectivity index (χ2n) is 4.54. The van der Waals surface area contributed by atoms with E-state index in [4.69, 9.17) is 0 Å². The fourth-order valence-electron chi connectivity index (χ4n) is 1.91. The number of unbranched alkanes of at least 4 members (excludes halogenated alkanes) is 2. The summed E-state index contributed by atoms with van der Waals surface area (Å²) >= 11 is 14.2. The summed E-state index contributed by atoms with van der Waals surface area (Å²) in [5.74, 6) is 1.26. The maximum absolute atomic E-state index is 3.19. The van der Waals surface area contributed by atoms with E-state index in [1.54, 1.807) is 0 Å². The van der Waals surface area contributed by atoms with E-state index in [-0.39, 0.29) is 0 Å². The molecule has 3 rings (SSSR count). The molecule has 0 aromatic carbocycles. The Labute approximate surface area is 171 Å². The van der Waals surface area contributed by atoms with Crippen LogP contribution in [-0.4, -0.2) is 21.4 Å². The summed E-state index contributed by atoms with van der Waals surface area (Å²) in [6, 6.07) is 0. The van der Waals surface area contributed by atoms with E-state index < -0.39 is 0 Å². The van der Waals surface area contributed by atoms with Gasteiger partial charge in [-0.1, -0.05) is 76.1 Å². The molecule has 1 N–H and O–H groups in total. The van der Waals surface area contributed by atoms with Crippen molar-refractivity contribution < 1.29 is 0 Å². The van der Waals surface area contributed by atoms with Crippen molar-refractivity contribution in [2.24, 2.45) is 0 Å². The minimum absolute atomic E-state index is 1.26. The van der Waals surface area contributed by atoms with Gasteiger partial charge in [-0.05, 0) is 29.3 Å². The van der Waals surface area contributed by atoms with Gasteiger partial charge in [-0.15, -0.1) is 23.5 Å². The Bertz CT molecular complexity index is 571. The smallest absolute Gasteiger partial charge is 0.0717 e. The number of aromatic amines is 1. The predicted molar refractivity (Wildman–Crippen MR) is 120 cm³/mol. The first kappa shape index (κ1) is 18.4. The van der Waals surface area contributed by atoms with Gasteiger partial charge in [-0.25, -0.2) is 0 Å². The monoisotopic (exact) mass is 517 g/mol. The van der Waals surface area contributed by atoms with Gasteiger partial charge < -0.3 is 4.98 Å². The SMILES string of the molecule is CSC1=C(SCCCCCI)SC(=C2Sc3c[nH]cc3S2)S1. The zero-order valence-corrected chi connectivity index (χ0v) is 19.1. The van der Waals surface area contributed by atoms with E-state index in [0.717, 1.165) is 0 Å². The molecule has 1 nitrogen and oxygen atoms in total. The fourth-order valence-corrected chi connectivity index (χ4v) is 10.7. The second kappa shape index (κ2) is 9.33. The summed E-state index contributed by atoms with van der Waals surface area (Å²) in [4.78, 5) is 5.94. The van der Waals surface area contributed by atoms with Gasteiger partial charge in [0.15, 0.2) is 0 Å². The Morgan fingerprint density at radius 3 is 2.32 bits per heavy atom. The Morgan fingerprint density at radius 1 is 0.955 bits per heavy atom. The Kier molecular flexibility index (Phi) is 7.80. The summed E-state index contributed by atoms with van der Waals surface area (Å²) in [5, 5.41) is 0. The molecular weight excluding hydrogens is 501 g/mol. The first-order valence-corrected chi connectivity index (χ1v) is 13.9. The molecule has 1 aromatic rings. The highest BCUT2D eigenvalue weighted by Gasteiger charge is 2.28. The van der Waals surface area contributed by atoms with Crippen LogP contribution < -0.4 is 0 Å². The quantitative estimate of drug-likeness (QED) is 0.226. The molecule has 2 aliphatic heterocycles. The number of rotatable bonds is 7. The summed E-state index contributed by atoms with van der Waals surface area (Å²) < 4.78 is 7.24. The molecule has 0 amide bonds. The van der Waals surface area contributed by atoms with E-state index in [1.165, 1.54) is 56.2 Å². The van der Waals surface area contributed by atoms with Crippen LogP contribution in [0.4, 0.5) is 0 Å². The third kappa shape index (κ3) is 4.60. The van der Waals surface area contributed by atoms with E-state index in [2.05, 4.69) is 58.0 Å².